The minimum Gasteiger partial charge on any atom is -0.325 e. The van der Waals surface area contributed by atoms with E-state index in [1.165, 1.54) is 0 Å². The van der Waals surface area contributed by atoms with E-state index in [0.29, 0.717) is 0 Å². The summed E-state index contributed by atoms with van der Waals surface area (Å²) >= 11 is 4.65. The number of carbonyl (C=O) groups is 1. The Hall–Kier alpha value is -0.960. The number of aryl methyl sites for hydroxylation is 2. The number of hydrogen-bond acceptors (Lipinski definition) is 1. The third-order valence-corrected chi connectivity index (χ3v) is 2.14. The van der Waals surface area contributed by atoms with E-state index in [0.717, 1.165) is 16.8 Å². The third kappa shape index (κ3) is 2.49. The van der Waals surface area contributed by atoms with Crippen LogP contribution in [0.1, 0.15) is 11.1 Å². The van der Waals surface area contributed by atoms with Crippen molar-refractivity contribution in [3.05, 3.63) is 29.3 Å². The van der Waals surface area contributed by atoms with E-state index in [2.05, 4.69) is 17.9 Å². The Labute approximate surface area is 83.8 Å². The first-order valence-electron chi connectivity index (χ1n) is 4.09. The van der Waals surface area contributed by atoms with Gasteiger partial charge >= 0.3 is 0 Å². The van der Waals surface area contributed by atoms with Crippen molar-refractivity contribution in [1.29, 1.82) is 0 Å². The van der Waals surface area contributed by atoms with E-state index in [9.17, 15) is 4.79 Å². The number of hydrogen-bond donors (Lipinski definition) is 1. The van der Waals surface area contributed by atoms with Crippen LogP contribution in [0.2, 0.25) is 0 Å². The molecule has 1 aromatic rings. The van der Waals surface area contributed by atoms with Crippen molar-refractivity contribution in [1.82, 2.24) is 0 Å². The number of carbonyl (C=O) groups excluding carboxylic acids is 1. The van der Waals surface area contributed by atoms with Gasteiger partial charge in [0.25, 0.3) is 0 Å². The maximum Gasteiger partial charge on any atom is 0.235 e. The fourth-order valence-corrected chi connectivity index (χ4v) is 1.26. The molecule has 0 aromatic heterocycles. The maximum absolute atomic E-state index is 11.1. The monoisotopic (exact) mass is 194 g/mol. The molecule has 0 saturated carbocycles. The largest absolute Gasteiger partial charge is 0.325 e. The van der Waals surface area contributed by atoms with E-state index >= 15 is 0 Å². The standard InChI is InChI=1S/C10H12NOS/c1-7-4-3-5-8(2)10(7)11-9(12)6-13/h3-5H,6H2,1-2H3,(H,11,12). The molecule has 0 atom stereocenters. The Balaban J connectivity index is 2.93. The fourth-order valence-electron chi connectivity index (χ4n) is 1.19. The van der Waals surface area contributed by atoms with E-state index < -0.39 is 0 Å². The van der Waals surface area contributed by atoms with Crippen molar-refractivity contribution < 1.29 is 4.79 Å². The summed E-state index contributed by atoms with van der Waals surface area (Å²) in [7, 11) is 0. The van der Waals surface area contributed by atoms with Crippen molar-refractivity contribution in [3.8, 4) is 0 Å². The topological polar surface area (TPSA) is 29.1 Å². The van der Waals surface area contributed by atoms with Crippen LogP contribution in [0.3, 0.4) is 0 Å². The van der Waals surface area contributed by atoms with Gasteiger partial charge in [-0.2, -0.15) is 0 Å². The normalized spacial score (nSPS) is 9.77. The second-order valence-corrected chi connectivity index (χ2v) is 3.25. The van der Waals surface area contributed by atoms with Gasteiger partial charge in [0.05, 0.1) is 5.75 Å². The lowest BCUT2D eigenvalue weighted by molar-refractivity contribution is -0.113. The second kappa shape index (κ2) is 4.33. The third-order valence-electron chi connectivity index (χ3n) is 1.88. The molecule has 0 aliphatic rings. The van der Waals surface area contributed by atoms with Crippen LogP contribution in [-0.4, -0.2) is 11.7 Å². The molecule has 13 heavy (non-hydrogen) atoms. The molecule has 1 radical (unpaired) electrons. The first-order chi connectivity index (χ1) is 6.15. The number of anilines is 1. The van der Waals surface area contributed by atoms with Gasteiger partial charge in [-0.05, 0) is 25.0 Å². The van der Waals surface area contributed by atoms with Crippen LogP contribution in [0, 0.1) is 13.8 Å². The van der Waals surface area contributed by atoms with E-state index in [-0.39, 0.29) is 11.7 Å². The van der Waals surface area contributed by atoms with Gasteiger partial charge in [-0.3, -0.25) is 4.79 Å². The number of rotatable bonds is 2. The van der Waals surface area contributed by atoms with Gasteiger partial charge in [0.2, 0.25) is 5.91 Å². The summed E-state index contributed by atoms with van der Waals surface area (Å²) in [4.78, 5) is 11.1. The molecule has 0 unspecified atom stereocenters. The lowest BCUT2D eigenvalue weighted by Crippen LogP contribution is -2.14. The molecule has 3 heteroatoms. The molecule has 0 saturated heterocycles. The quantitative estimate of drug-likeness (QED) is 0.769. The Bertz CT molecular complexity index is 302. The van der Waals surface area contributed by atoms with Crippen molar-refractivity contribution >= 4 is 24.2 Å². The molecule has 0 aliphatic carbocycles. The number of para-hydroxylation sites is 1. The summed E-state index contributed by atoms with van der Waals surface area (Å²) in [6.45, 7) is 3.93. The summed E-state index contributed by atoms with van der Waals surface area (Å²) in [6, 6.07) is 5.89. The van der Waals surface area contributed by atoms with Crippen LogP contribution in [0.4, 0.5) is 5.69 Å². The predicted octanol–water partition coefficient (Wildman–Crippen LogP) is 2.44. The van der Waals surface area contributed by atoms with Crippen molar-refractivity contribution in [2.24, 2.45) is 0 Å². The highest BCUT2D eigenvalue weighted by atomic mass is 32.1. The molecule has 0 bridgehead atoms. The van der Waals surface area contributed by atoms with Gasteiger partial charge in [-0.1, -0.05) is 30.8 Å². The molecule has 2 nitrogen and oxygen atoms in total. The summed E-state index contributed by atoms with van der Waals surface area (Å²) < 4.78 is 0. The fraction of sp³-hybridized carbons (Fsp3) is 0.300. The summed E-state index contributed by atoms with van der Waals surface area (Å²) in [5.74, 6) is -0.0132. The predicted molar refractivity (Wildman–Crippen MR) is 57.0 cm³/mol. The Kier molecular flexibility index (Phi) is 3.37. The Morgan fingerprint density at radius 3 is 2.38 bits per heavy atom. The molecule has 0 aliphatic heterocycles. The SMILES string of the molecule is Cc1cccc(C)c1NC(=O)C[S]. The van der Waals surface area contributed by atoms with Crippen LogP contribution in [-0.2, 0) is 4.79 Å². The molecule has 69 valence electrons. The second-order valence-electron chi connectivity index (χ2n) is 2.96. The van der Waals surface area contributed by atoms with E-state index in [4.69, 9.17) is 0 Å². The molecular weight excluding hydrogens is 182 g/mol. The van der Waals surface area contributed by atoms with Crippen molar-refractivity contribution in [2.75, 3.05) is 11.1 Å². The Morgan fingerprint density at radius 1 is 1.38 bits per heavy atom. The summed E-state index contributed by atoms with van der Waals surface area (Å²) in [5, 5.41) is 2.79. The first kappa shape index (κ1) is 10.1. The van der Waals surface area contributed by atoms with Gasteiger partial charge in [0.15, 0.2) is 0 Å². The van der Waals surface area contributed by atoms with Gasteiger partial charge in [0.1, 0.15) is 0 Å². The van der Waals surface area contributed by atoms with Crippen LogP contribution in [0.25, 0.3) is 0 Å². The lowest BCUT2D eigenvalue weighted by atomic mass is 10.1. The molecular formula is C10H12NOS. The van der Waals surface area contributed by atoms with Gasteiger partial charge in [0, 0.05) is 5.69 Å². The smallest absolute Gasteiger partial charge is 0.235 e. The molecule has 1 N–H and O–H groups in total. The van der Waals surface area contributed by atoms with Crippen molar-refractivity contribution in [3.63, 3.8) is 0 Å². The molecule has 1 amide bonds. The van der Waals surface area contributed by atoms with E-state index in [1.54, 1.807) is 0 Å². The zero-order valence-electron chi connectivity index (χ0n) is 7.76. The Morgan fingerprint density at radius 2 is 1.92 bits per heavy atom. The summed E-state index contributed by atoms with van der Waals surface area (Å²) in [6.07, 6.45) is 0. The number of benzene rings is 1. The summed E-state index contributed by atoms with van der Waals surface area (Å²) in [5.41, 5.74) is 3.02. The average Bonchev–Trinajstić information content (AvgIpc) is 2.11. The minimum absolute atomic E-state index is 0.105. The van der Waals surface area contributed by atoms with E-state index in [1.807, 2.05) is 32.0 Å². The van der Waals surface area contributed by atoms with Crippen LogP contribution < -0.4 is 5.32 Å². The molecule has 1 aromatic carbocycles. The zero-order valence-corrected chi connectivity index (χ0v) is 8.57. The molecule has 0 heterocycles. The highest BCUT2D eigenvalue weighted by Gasteiger charge is 2.04. The molecule has 1 rings (SSSR count). The highest BCUT2D eigenvalue weighted by Crippen LogP contribution is 2.19. The lowest BCUT2D eigenvalue weighted by Gasteiger charge is -2.09. The zero-order chi connectivity index (χ0) is 9.84. The van der Waals surface area contributed by atoms with Gasteiger partial charge < -0.3 is 5.32 Å². The van der Waals surface area contributed by atoms with Gasteiger partial charge in [-0.15, -0.1) is 0 Å². The van der Waals surface area contributed by atoms with Crippen molar-refractivity contribution in [2.45, 2.75) is 13.8 Å². The van der Waals surface area contributed by atoms with Gasteiger partial charge in [-0.25, -0.2) is 0 Å². The maximum atomic E-state index is 11.1. The average molecular weight is 194 g/mol. The number of amides is 1. The minimum atomic E-state index is -0.118. The molecule has 0 spiro atoms. The van der Waals surface area contributed by atoms with Crippen LogP contribution >= 0.6 is 12.6 Å². The van der Waals surface area contributed by atoms with Crippen LogP contribution in [0.15, 0.2) is 18.2 Å². The molecule has 0 fully saturated rings. The first-order valence-corrected chi connectivity index (χ1v) is 4.67. The number of nitrogens with one attached hydrogen (secondary N) is 1. The highest BCUT2D eigenvalue weighted by molar-refractivity contribution is 7.81. The van der Waals surface area contributed by atoms with Crippen LogP contribution in [0.5, 0.6) is 0 Å².